The summed E-state index contributed by atoms with van der Waals surface area (Å²) in [5.41, 5.74) is 5.45. The molecule has 7 heteroatoms. The molecule has 82 valence electrons. The molecule has 6 nitrogen and oxygen atoms in total. The van der Waals surface area contributed by atoms with Crippen LogP contribution < -0.4 is 15.6 Å². The number of nitrogens with zero attached hydrogens (tertiary/aromatic N) is 1. The molecule has 0 bridgehead atoms. The van der Waals surface area contributed by atoms with Gasteiger partial charge in [0.1, 0.15) is 11.6 Å². The number of primary sulfonamides is 1. The first-order valence-electron chi connectivity index (χ1n) is 4.42. The predicted octanol–water partition coefficient (Wildman–Crippen LogP) is -0.148. The fourth-order valence-corrected chi connectivity index (χ4v) is 1.93. The number of anilines is 1. The molecule has 2 rings (SSSR count). The third-order valence-corrected chi connectivity index (χ3v) is 2.98. The molecular formula is C8H11N3O3S. The molecule has 0 atom stereocenters. The standard InChI is InChI=1S/C8H11N3O3S/c9-8-7(15(10,12)13)6(3-4-11-8)14-5-1-2-5/h3-5H,1-2H2,(H2,9,11)(H2,10,12,13). The van der Waals surface area contributed by atoms with E-state index in [0.717, 1.165) is 12.8 Å². The van der Waals surface area contributed by atoms with E-state index < -0.39 is 10.0 Å². The van der Waals surface area contributed by atoms with E-state index in [0.29, 0.717) is 0 Å². The zero-order valence-electron chi connectivity index (χ0n) is 7.88. The van der Waals surface area contributed by atoms with Gasteiger partial charge in [0, 0.05) is 12.3 Å². The minimum Gasteiger partial charge on any atom is -0.489 e. The van der Waals surface area contributed by atoms with E-state index in [1.54, 1.807) is 0 Å². The Kier molecular flexibility index (Phi) is 2.28. The number of nitrogens with two attached hydrogens (primary N) is 2. The van der Waals surface area contributed by atoms with Crippen LogP contribution >= 0.6 is 0 Å². The maximum Gasteiger partial charge on any atom is 0.245 e. The first kappa shape index (κ1) is 10.2. The van der Waals surface area contributed by atoms with E-state index in [1.807, 2.05) is 0 Å². The lowest BCUT2D eigenvalue weighted by Gasteiger charge is -2.10. The minimum absolute atomic E-state index is 0.0762. The van der Waals surface area contributed by atoms with E-state index in [4.69, 9.17) is 15.6 Å². The molecule has 15 heavy (non-hydrogen) atoms. The van der Waals surface area contributed by atoms with Gasteiger partial charge in [0.25, 0.3) is 0 Å². The lowest BCUT2D eigenvalue weighted by atomic mass is 10.4. The number of aromatic nitrogens is 1. The first-order valence-corrected chi connectivity index (χ1v) is 5.97. The Bertz CT molecular complexity index is 482. The van der Waals surface area contributed by atoms with Crippen molar-refractivity contribution in [2.45, 2.75) is 23.8 Å². The predicted molar refractivity (Wildman–Crippen MR) is 53.7 cm³/mol. The number of hydrogen-bond acceptors (Lipinski definition) is 5. The lowest BCUT2D eigenvalue weighted by molar-refractivity contribution is 0.295. The van der Waals surface area contributed by atoms with Gasteiger partial charge in [0.15, 0.2) is 4.90 Å². The van der Waals surface area contributed by atoms with Gasteiger partial charge < -0.3 is 10.5 Å². The molecular weight excluding hydrogens is 218 g/mol. The molecule has 0 unspecified atom stereocenters. The highest BCUT2D eigenvalue weighted by molar-refractivity contribution is 7.89. The van der Waals surface area contributed by atoms with Gasteiger partial charge in [-0.15, -0.1) is 0 Å². The summed E-state index contributed by atoms with van der Waals surface area (Å²) in [7, 11) is -3.89. The van der Waals surface area contributed by atoms with Crippen molar-refractivity contribution >= 4 is 15.8 Å². The maximum atomic E-state index is 11.3. The molecule has 1 heterocycles. The Morgan fingerprint density at radius 2 is 2.13 bits per heavy atom. The third kappa shape index (κ3) is 2.18. The highest BCUT2D eigenvalue weighted by atomic mass is 32.2. The molecule has 4 N–H and O–H groups in total. The second-order valence-electron chi connectivity index (χ2n) is 3.39. The Labute approximate surface area is 87.3 Å². The Balaban J connectivity index is 2.47. The van der Waals surface area contributed by atoms with Crippen LogP contribution in [0, 0.1) is 0 Å². The molecule has 0 aliphatic heterocycles. The normalized spacial score (nSPS) is 16.3. The van der Waals surface area contributed by atoms with Crippen LogP contribution in [0.5, 0.6) is 5.75 Å². The van der Waals surface area contributed by atoms with E-state index >= 15 is 0 Å². The van der Waals surface area contributed by atoms with Gasteiger partial charge in [-0.1, -0.05) is 0 Å². The fraction of sp³-hybridized carbons (Fsp3) is 0.375. The molecule has 0 spiro atoms. The van der Waals surface area contributed by atoms with Gasteiger partial charge in [0.05, 0.1) is 6.10 Å². The van der Waals surface area contributed by atoms with Crippen LogP contribution in [0.3, 0.4) is 0 Å². The molecule has 0 aromatic carbocycles. The van der Waals surface area contributed by atoms with Crippen LogP contribution in [0.15, 0.2) is 17.2 Å². The number of hydrogen-bond donors (Lipinski definition) is 2. The van der Waals surface area contributed by atoms with Crippen molar-refractivity contribution in [2.75, 3.05) is 5.73 Å². The Morgan fingerprint density at radius 3 is 2.67 bits per heavy atom. The van der Waals surface area contributed by atoms with Crippen molar-refractivity contribution in [1.82, 2.24) is 4.98 Å². The van der Waals surface area contributed by atoms with E-state index in [2.05, 4.69) is 4.98 Å². The number of ether oxygens (including phenoxy) is 1. The average molecular weight is 229 g/mol. The molecule has 0 radical (unpaired) electrons. The highest BCUT2D eigenvalue weighted by Crippen LogP contribution is 2.32. The molecule has 0 saturated heterocycles. The van der Waals surface area contributed by atoms with Gasteiger partial charge in [-0.3, -0.25) is 0 Å². The summed E-state index contributed by atoms with van der Waals surface area (Å²) in [6, 6.07) is 1.45. The smallest absolute Gasteiger partial charge is 0.245 e. The molecule has 1 fully saturated rings. The topological polar surface area (TPSA) is 108 Å². The quantitative estimate of drug-likeness (QED) is 0.749. The summed E-state index contributed by atoms with van der Waals surface area (Å²) in [6.07, 6.45) is 3.31. The van der Waals surface area contributed by atoms with E-state index in [-0.39, 0.29) is 22.6 Å². The van der Waals surface area contributed by atoms with Gasteiger partial charge in [-0.05, 0) is 12.8 Å². The van der Waals surface area contributed by atoms with Crippen LogP contribution in [0.25, 0.3) is 0 Å². The first-order chi connectivity index (χ1) is 6.98. The molecule has 1 aliphatic carbocycles. The number of sulfonamides is 1. The number of rotatable bonds is 3. The SMILES string of the molecule is Nc1nccc(OC2CC2)c1S(N)(=O)=O. The summed E-state index contributed by atoms with van der Waals surface area (Å²) in [5, 5.41) is 5.03. The van der Waals surface area contributed by atoms with Gasteiger partial charge in [-0.2, -0.15) is 0 Å². The van der Waals surface area contributed by atoms with Gasteiger partial charge in [0.2, 0.25) is 10.0 Å². The fourth-order valence-electron chi connectivity index (χ4n) is 1.19. The molecule has 1 aromatic heterocycles. The van der Waals surface area contributed by atoms with Crippen molar-refractivity contribution in [3.63, 3.8) is 0 Å². The van der Waals surface area contributed by atoms with E-state index in [9.17, 15) is 8.42 Å². The zero-order valence-corrected chi connectivity index (χ0v) is 8.70. The van der Waals surface area contributed by atoms with Gasteiger partial charge >= 0.3 is 0 Å². The molecule has 1 aliphatic rings. The zero-order chi connectivity index (χ0) is 11.1. The Hall–Kier alpha value is -1.34. The minimum atomic E-state index is -3.89. The monoisotopic (exact) mass is 229 g/mol. The van der Waals surface area contributed by atoms with Crippen molar-refractivity contribution in [3.8, 4) is 5.75 Å². The van der Waals surface area contributed by atoms with Crippen molar-refractivity contribution in [2.24, 2.45) is 5.14 Å². The summed E-state index contributed by atoms with van der Waals surface area (Å²) in [4.78, 5) is 3.45. The second kappa shape index (κ2) is 3.35. The summed E-state index contributed by atoms with van der Waals surface area (Å²) in [6.45, 7) is 0. The van der Waals surface area contributed by atoms with Crippen LogP contribution in [-0.4, -0.2) is 19.5 Å². The average Bonchev–Trinajstić information content (AvgIpc) is 2.85. The number of nitrogen functional groups attached to an aromatic ring is 1. The maximum absolute atomic E-state index is 11.3. The van der Waals surface area contributed by atoms with Crippen molar-refractivity contribution < 1.29 is 13.2 Å². The Morgan fingerprint density at radius 1 is 1.47 bits per heavy atom. The van der Waals surface area contributed by atoms with Gasteiger partial charge in [-0.25, -0.2) is 18.5 Å². The molecule has 0 amide bonds. The molecule has 1 saturated carbocycles. The highest BCUT2D eigenvalue weighted by Gasteiger charge is 2.28. The van der Waals surface area contributed by atoms with Crippen LogP contribution in [0.4, 0.5) is 5.82 Å². The van der Waals surface area contributed by atoms with E-state index in [1.165, 1.54) is 12.3 Å². The number of pyridine rings is 1. The second-order valence-corrected chi connectivity index (χ2v) is 4.88. The van der Waals surface area contributed by atoms with Crippen molar-refractivity contribution in [3.05, 3.63) is 12.3 Å². The summed E-state index contributed by atoms with van der Waals surface area (Å²) in [5.74, 6) is 0.0585. The third-order valence-electron chi connectivity index (χ3n) is 2.00. The molecule has 1 aromatic rings. The summed E-state index contributed by atoms with van der Waals surface area (Å²) >= 11 is 0. The summed E-state index contributed by atoms with van der Waals surface area (Å²) < 4.78 is 27.9. The van der Waals surface area contributed by atoms with Crippen LogP contribution in [0.2, 0.25) is 0 Å². The van der Waals surface area contributed by atoms with Crippen LogP contribution in [-0.2, 0) is 10.0 Å². The lowest BCUT2D eigenvalue weighted by Crippen LogP contribution is -2.17. The van der Waals surface area contributed by atoms with Crippen molar-refractivity contribution in [1.29, 1.82) is 0 Å². The van der Waals surface area contributed by atoms with Crippen LogP contribution in [0.1, 0.15) is 12.8 Å². The largest absolute Gasteiger partial charge is 0.489 e.